The van der Waals surface area contributed by atoms with Gasteiger partial charge in [0.25, 0.3) is 0 Å². The number of carbonyl (C=O) groups is 1. The quantitative estimate of drug-likeness (QED) is 0.722. The molecule has 5 heteroatoms. The molecular formula is C16H22O5. The second kappa shape index (κ2) is 7.02. The first-order valence-corrected chi connectivity index (χ1v) is 7.04. The average Bonchev–Trinajstić information content (AvgIpc) is 2.74. The molecule has 0 aromatic heterocycles. The molecule has 0 bridgehead atoms. The Morgan fingerprint density at radius 3 is 2.48 bits per heavy atom. The van der Waals surface area contributed by atoms with Gasteiger partial charge < -0.3 is 23.7 Å². The Hall–Kier alpha value is -1.43. The molecular weight excluding hydrogens is 272 g/mol. The summed E-state index contributed by atoms with van der Waals surface area (Å²) in [6.07, 6.45) is 0.711. The smallest absolute Gasteiger partial charge is 0.163 e. The first-order chi connectivity index (χ1) is 10.0. The van der Waals surface area contributed by atoms with Crippen molar-refractivity contribution in [3.05, 3.63) is 29.8 Å². The molecule has 1 aromatic carbocycles. The molecule has 0 radical (unpaired) electrons. The maximum Gasteiger partial charge on any atom is 0.163 e. The Morgan fingerprint density at radius 2 is 1.86 bits per heavy atom. The molecule has 1 saturated heterocycles. The molecule has 1 fully saturated rings. The maximum atomic E-state index is 10.7. The van der Waals surface area contributed by atoms with Gasteiger partial charge in [0.2, 0.25) is 0 Å². The molecule has 116 valence electrons. The lowest BCUT2D eigenvalue weighted by molar-refractivity contribution is -0.151. The number of benzene rings is 1. The van der Waals surface area contributed by atoms with Gasteiger partial charge in [0.15, 0.2) is 5.79 Å². The third-order valence-corrected chi connectivity index (χ3v) is 3.32. The van der Waals surface area contributed by atoms with Crippen LogP contribution in [0.3, 0.4) is 0 Å². The fourth-order valence-corrected chi connectivity index (χ4v) is 2.36. The summed E-state index contributed by atoms with van der Waals surface area (Å²) >= 11 is 0. The topological polar surface area (TPSA) is 54.0 Å². The van der Waals surface area contributed by atoms with Crippen molar-refractivity contribution in [3.8, 4) is 5.75 Å². The molecule has 2 rings (SSSR count). The standard InChI is InChI=1S/C16H22O5/c1-16(2)20-14(8-9-17)15(21-16)11-19-10-12-4-6-13(18-3)7-5-12/h4-7,9,14-15H,8,10-11H2,1-3H3/t14-,15+/m0/s1. The Kier molecular flexibility index (Phi) is 5.33. The van der Waals surface area contributed by atoms with Crippen LogP contribution in [-0.2, 0) is 25.6 Å². The van der Waals surface area contributed by atoms with E-state index in [4.69, 9.17) is 18.9 Å². The summed E-state index contributed by atoms with van der Waals surface area (Å²) in [5.74, 6) is 0.154. The molecule has 21 heavy (non-hydrogen) atoms. The van der Waals surface area contributed by atoms with Gasteiger partial charge in [0.05, 0.1) is 26.4 Å². The van der Waals surface area contributed by atoms with Crippen LogP contribution in [-0.4, -0.2) is 38.0 Å². The number of rotatable bonds is 7. The van der Waals surface area contributed by atoms with E-state index in [2.05, 4.69) is 0 Å². The third kappa shape index (κ3) is 4.52. The van der Waals surface area contributed by atoms with Gasteiger partial charge in [0, 0.05) is 6.42 Å². The Balaban J connectivity index is 1.82. The number of aldehydes is 1. The lowest BCUT2D eigenvalue weighted by Crippen LogP contribution is -2.28. The molecule has 0 unspecified atom stereocenters. The summed E-state index contributed by atoms with van der Waals surface area (Å²) in [7, 11) is 1.64. The van der Waals surface area contributed by atoms with E-state index in [0.29, 0.717) is 19.6 Å². The highest BCUT2D eigenvalue weighted by Gasteiger charge is 2.40. The van der Waals surface area contributed by atoms with Crippen molar-refractivity contribution >= 4 is 6.29 Å². The molecule has 1 aliphatic rings. The zero-order valence-electron chi connectivity index (χ0n) is 12.7. The second-order valence-corrected chi connectivity index (χ2v) is 5.48. The maximum absolute atomic E-state index is 10.7. The monoisotopic (exact) mass is 294 g/mol. The molecule has 5 nitrogen and oxygen atoms in total. The van der Waals surface area contributed by atoms with Crippen LogP contribution in [0.15, 0.2) is 24.3 Å². The van der Waals surface area contributed by atoms with Crippen LogP contribution < -0.4 is 4.74 Å². The van der Waals surface area contributed by atoms with Gasteiger partial charge in [-0.2, -0.15) is 0 Å². The van der Waals surface area contributed by atoms with Crippen LogP contribution in [0, 0.1) is 0 Å². The van der Waals surface area contributed by atoms with E-state index in [1.807, 2.05) is 38.1 Å². The lowest BCUT2D eigenvalue weighted by Gasteiger charge is -2.17. The molecule has 1 aromatic rings. The number of ether oxygens (including phenoxy) is 4. The van der Waals surface area contributed by atoms with E-state index in [1.54, 1.807) is 7.11 Å². The summed E-state index contributed by atoms with van der Waals surface area (Å²) in [5, 5.41) is 0. The van der Waals surface area contributed by atoms with Gasteiger partial charge in [-0.3, -0.25) is 0 Å². The highest BCUT2D eigenvalue weighted by molar-refractivity contribution is 5.50. The number of hydrogen-bond acceptors (Lipinski definition) is 5. The van der Waals surface area contributed by atoms with Gasteiger partial charge in [0.1, 0.15) is 18.1 Å². The van der Waals surface area contributed by atoms with Crippen molar-refractivity contribution in [2.45, 2.75) is 44.9 Å². The van der Waals surface area contributed by atoms with Gasteiger partial charge in [-0.15, -0.1) is 0 Å². The minimum absolute atomic E-state index is 0.219. The zero-order chi connectivity index (χ0) is 15.3. The van der Waals surface area contributed by atoms with E-state index in [1.165, 1.54) is 0 Å². The molecule has 0 N–H and O–H groups in total. The van der Waals surface area contributed by atoms with Crippen LogP contribution in [0.25, 0.3) is 0 Å². The Morgan fingerprint density at radius 1 is 1.19 bits per heavy atom. The van der Waals surface area contributed by atoms with Gasteiger partial charge in [-0.05, 0) is 31.5 Å². The van der Waals surface area contributed by atoms with Crippen LogP contribution in [0.5, 0.6) is 5.75 Å². The Labute approximate surface area is 125 Å². The van der Waals surface area contributed by atoms with E-state index in [9.17, 15) is 4.79 Å². The van der Waals surface area contributed by atoms with Crippen molar-refractivity contribution in [1.82, 2.24) is 0 Å². The number of methoxy groups -OCH3 is 1. The predicted molar refractivity (Wildman–Crippen MR) is 77.2 cm³/mol. The van der Waals surface area contributed by atoms with E-state index < -0.39 is 5.79 Å². The van der Waals surface area contributed by atoms with E-state index in [-0.39, 0.29) is 12.2 Å². The third-order valence-electron chi connectivity index (χ3n) is 3.32. The fraction of sp³-hybridized carbons (Fsp3) is 0.562. The van der Waals surface area contributed by atoms with Crippen molar-refractivity contribution in [2.24, 2.45) is 0 Å². The molecule has 1 aliphatic heterocycles. The minimum atomic E-state index is -0.665. The molecule has 0 spiro atoms. The summed E-state index contributed by atoms with van der Waals surface area (Å²) in [6, 6.07) is 7.70. The normalized spacial score (nSPS) is 24.0. The summed E-state index contributed by atoms with van der Waals surface area (Å²) in [6.45, 7) is 4.56. The number of carbonyl (C=O) groups excluding carboxylic acids is 1. The molecule has 0 saturated carbocycles. The first-order valence-electron chi connectivity index (χ1n) is 7.04. The van der Waals surface area contributed by atoms with Crippen molar-refractivity contribution < 1.29 is 23.7 Å². The summed E-state index contributed by atoms with van der Waals surface area (Å²) in [5.41, 5.74) is 1.06. The summed E-state index contributed by atoms with van der Waals surface area (Å²) < 4.78 is 22.2. The van der Waals surface area contributed by atoms with Crippen molar-refractivity contribution in [1.29, 1.82) is 0 Å². The average molecular weight is 294 g/mol. The molecule has 0 aliphatic carbocycles. The number of hydrogen-bond donors (Lipinski definition) is 0. The van der Waals surface area contributed by atoms with E-state index >= 15 is 0 Å². The van der Waals surface area contributed by atoms with Gasteiger partial charge in [-0.25, -0.2) is 0 Å². The van der Waals surface area contributed by atoms with E-state index in [0.717, 1.165) is 17.6 Å². The van der Waals surface area contributed by atoms with Crippen LogP contribution >= 0.6 is 0 Å². The van der Waals surface area contributed by atoms with Gasteiger partial charge in [-0.1, -0.05) is 12.1 Å². The Bertz CT molecular complexity index is 454. The fourth-order valence-electron chi connectivity index (χ4n) is 2.36. The predicted octanol–water partition coefficient (Wildman–Crippen LogP) is 2.32. The minimum Gasteiger partial charge on any atom is -0.497 e. The lowest BCUT2D eigenvalue weighted by atomic mass is 10.1. The second-order valence-electron chi connectivity index (χ2n) is 5.48. The molecule has 1 heterocycles. The van der Waals surface area contributed by atoms with Crippen molar-refractivity contribution in [2.75, 3.05) is 13.7 Å². The summed E-state index contributed by atoms with van der Waals surface area (Å²) in [4.78, 5) is 10.7. The molecule has 2 atom stereocenters. The SMILES string of the molecule is COc1ccc(COC[C@H]2OC(C)(C)O[C@H]2CC=O)cc1. The molecule has 0 amide bonds. The zero-order valence-corrected chi connectivity index (χ0v) is 12.7. The van der Waals surface area contributed by atoms with Crippen LogP contribution in [0.2, 0.25) is 0 Å². The highest BCUT2D eigenvalue weighted by atomic mass is 16.8. The first kappa shape index (κ1) is 15.9. The van der Waals surface area contributed by atoms with Crippen LogP contribution in [0.4, 0.5) is 0 Å². The highest BCUT2D eigenvalue weighted by Crippen LogP contribution is 2.29. The largest absolute Gasteiger partial charge is 0.497 e. The van der Waals surface area contributed by atoms with Crippen molar-refractivity contribution in [3.63, 3.8) is 0 Å². The van der Waals surface area contributed by atoms with Gasteiger partial charge >= 0.3 is 0 Å². The van der Waals surface area contributed by atoms with Crippen LogP contribution in [0.1, 0.15) is 25.8 Å².